The lowest BCUT2D eigenvalue weighted by Gasteiger charge is -2.32. The molecule has 1 saturated heterocycles. The minimum atomic E-state index is -0.376. The van der Waals surface area contributed by atoms with Gasteiger partial charge in [0.25, 0.3) is 5.69 Å². The Morgan fingerprint density at radius 2 is 1.53 bits per heavy atom. The third kappa shape index (κ3) is 6.09. The fourth-order valence-corrected chi connectivity index (χ4v) is 4.79. The van der Waals surface area contributed by atoms with Crippen molar-refractivity contribution in [2.75, 3.05) is 25.0 Å². The van der Waals surface area contributed by atoms with Crippen LogP contribution < -0.4 is 5.32 Å². The molecule has 3 aromatic carbocycles. The zero-order valence-electron chi connectivity index (χ0n) is 19.8. The maximum atomic E-state index is 12.0. The van der Waals surface area contributed by atoms with E-state index in [0.29, 0.717) is 48.3 Å². The molecule has 1 N–H and O–H groups in total. The molecule has 1 amide bonds. The topological polar surface area (TPSA) is 84.7 Å². The molecular formula is C27H27Cl2N3O4. The number of carbonyl (C=O) groups excluding carboxylic acids is 1. The Bertz CT molecular complexity index is 1170. The summed E-state index contributed by atoms with van der Waals surface area (Å²) in [7, 11) is 0. The highest BCUT2D eigenvalue weighted by Gasteiger charge is 2.27. The van der Waals surface area contributed by atoms with Crippen LogP contribution in [0.3, 0.4) is 0 Å². The van der Waals surface area contributed by atoms with E-state index in [9.17, 15) is 14.9 Å². The molecule has 1 heterocycles. The fraction of sp³-hybridized carbons (Fsp3) is 0.296. The first-order valence-corrected chi connectivity index (χ1v) is 12.6. The van der Waals surface area contributed by atoms with E-state index in [0.717, 1.165) is 16.7 Å². The van der Waals surface area contributed by atoms with Crippen LogP contribution >= 0.6 is 23.2 Å². The van der Waals surface area contributed by atoms with Gasteiger partial charge in [0.1, 0.15) is 5.69 Å². The van der Waals surface area contributed by atoms with Crippen LogP contribution in [0, 0.1) is 10.1 Å². The molecule has 9 heteroatoms. The van der Waals surface area contributed by atoms with Gasteiger partial charge in [0.2, 0.25) is 0 Å². The molecular weight excluding hydrogens is 501 g/mol. The monoisotopic (exact) mass is 527 g/mol. The Morgan fingerprint density at radius 3 is 2.03 bits per heavy atom. The number of benzene rings is 3. The van der Waals surface area contributed by atoms with Crippen molar-refractivity contribution >= 4 is 40.7 Å². The van der Waals surface area contributed by atoms with Crippen LogP contribution in [0.5, 0.6) is 0 Å². The summed E-state index contributed by atoms with van der Waals surface area (Å²) < 4.78 is 5.09. The molecule has 4 rings (SSSR count). The van der Waals surface area contributed by atoms with Crippen molar-refractivity contribution in [3.63, 3.8) is 0 Å². The van der Waals surface area contributed by atoms with Crippen LogP contribution in [-0.2, 0) is 4.74 Å². The number of nitro benzene ring substituents is 1. The van der Waals surface area contributed by atoms with Crippen LogP contribution in [0.25, 0.3) is 0 Å². The number of piperidine rings is 1. The van der Waals surface area contributed by atoms with Crippen LogP contribution in [0.15, 0.2) is 66.7 Å². The largest absolute Gasteiger partial charge is 0.450 e. The number of nitrogens with one attached hydrogen (secondary N) is 1. The summed E-state index contributed by atoms with van der Waals surface area (Å²) >= 11 is 12.3. The lowest BCUT2D eigenvalue weighted by molar-refractivity contribution is -0.384. The first kappa shape index (κ1) is 25.8. The molecule has 0 aromatic heterocycles. The lowest BCUT2D eigenvalue weighted by atomic mass is 9.85. The number of ether oxygens (including phenoxy) is 1. The highest BCUT2D eigenvalue weighted by atomic mass is 35.5. The number of hydrogen-bond donors (Lipinski definition) is 1. The van der Waals surface area contributed by atoms with Crippen molar-refractivity contribution in [3.05, 3.63) is 104 Å². The Balaban J connectivity index is 1.64. The molecule has 0 atom stereocenters. The van der Waals surface area contributed by atoms with Gasteiger partial charge in [-0.05, 0) is 66.8 Å². The number of amides is 1. The van der Waals surface area contributed by atoms with Gasteiger partial charge in [-0.3, -0.25) is 10.1 Å². The third-order valence-corrected chi connectivity index (χ3v) is 6.84. The normalized spacial score (nSPS) is 14.1. The van der Waals surface area contributed by atoms with E-state index >= 15 is 0 Å². The van der Waals surface area contributed by atoms with E-state index in [1.807, 2.05) is 54.6 Å². The van der Waals surface area contributed by atoms with Crippen molar-refractivity contribution in [3.8, 4) is 0 Å². The molecule has 0 radical (unpaired) electrons. The minimum Gasteiger partial charge on any atom is -0.450 e. The number of hydrogen-bond acceptors (Lipinski definition) is 5. The zero-order chi connectivity index (χ0) is 25.7. The van der Waals surface area contributed by atoms with Gasteiger partial charge >= 0.3 is 6.09 Å². The van der Waals surface area contributed by atoms with E-state index in [1.165, 1.54) is 0 Å². The predicted octanol–water partition coefficient (Wildman–Crippen LogP) is 7.11. The smallest absolute Gasteiger partial charge is 0.409 e. The highest BCUT2D eigenvalue weighted by Crippen LogP contribution is 2.37. The molecule has 1 aliphatic heterocycles. The second kappa shape index (κ2) is 11.6. The molecule has 188 valence electrons. The van der Waals surface area contributed by atoms with Gasteiger partial charge in [0.05, 0.1) is 11.5 Å². The molecule has 0 aliphatic carbocycles. The first-order chi connectivity index (χ1) is 17.4. The number of likely N-dealkylation sites (tertiary alicyclic amines) is 1. The van der Waals surface area contributed by atoms with Crippen LogP contribution in [0.1, 0.15) is 42.4 Å². The summed E-state index contributed by atoms with van der Waals surface area (Å²) in [5, 5.41) is 16.5. The average Bonchev–Trinajstić information content (AvgIpc) is 2.87. The standard InChI is InChI=1S/C27H27Cl2N3O4/c1-2-36-27(33)31-15-13-23(14-16-31)30-24-17-20(7-12-25(24)32(34)35)26(18-3-8-21(28)9-4-18)19-5-10-22(29)11-6-19/h3-12,17,23,26,30H,2,13-16H2,1H3. The van der Waals surface area contributed by atoms with E-state index in [4.69, 9.17) is 27.9 Å². The van der Waals surface area contributed by atoms with Gasteiger partial charge in [-0.2, -0.15) is 0 Å². The van der Waals surface area contributed by atoms with E-state index < -0.39 is 0 Å². The maximum Gasteiger partial charge on any atom is 0.409 e. The number of halogens is 2. The SMILES string of the molecule is CCOC(=O)N1CCC(Nc2cc(C(c3ccc(Cl)cc3)c3ccc(Cl)cc3)ccc2[N+](=O)[O-])CC1. The lowest BCUT2D eigenvalue weighted by Crippen LogP contribution is -2.42. The summed E-state index contributed by atoms with van der Waals surface area (Å²) in [5.41, 5.74) is 3.38. The van der Waals surface area contributed by atoms with Gasteiger partial charge < -0.3 is 15.0 Å². The molecule has 0 saturated carbocycles. The number of nitrogens with zero attached hydrogens (tertiary/aromatic N) is 2. The van der Waals surface area contributed by atoms with Crippen LogP contribution in [0.2, 0.25) is 10.0 Å². The number of anilines is 1. The second-order valence-corrected chi connectivity index (χ2v) is 9.55. The summed E-state index contributed by atoms with van der Waals surface area (Å²) in [6.45, 7) is 3.17. The van der Waals surface area contributed by atoms with Gasteiger partial charge in [-0.1, -0.05) is 53.5 Å². The summed E-state index contributed by atoms with van der Waals surface area (Å²) in [5.74, 6) is -0.174. The molecule has 0 unspecified atom stereocenters. The van der Waals surface area contributed by atoms with Crippen molar-refractivity contribution < 1.29 is 14.5 Å². The van der Waals surface area contributed by atoms with Gasteiger partial charge in [-0.15, -0.1) is 0 Å². The zero-order valence-corrected chi connectivity index (χ0v) is 21.3. The number of nitro groups is 1. The predicted molar refractivity (Wildman–Crippen MR) is 142 cm³/mol. The van der Waals surface area contributed by atoms with Crippen molar-refractivity contribution in [2.24, 2.45) is 0 Å². The van der Waals surface area contributed by atoms with Crippen molar-refractivity contribution in [2.45, 2.75) is 31.7 Å². The fourth-order valence-electron chi connectivity index (χ4n) is 4.54. The Morgan fingerprint density at radius 1 is 1.00 bits per heavy atom. The minimum absolute atomic E-state index is 0.00543. The molecule has 36 heavy (non-hydrogen) atoms. The van der Waals surface area contributed by atoms with Crippen LogP contribution in [0.4, 0.5) is 16.2 Å². The molecule has 0 bridgehead atoms. The van der Waals surface area contributed by atoms with E-state index in [2.05, 4.69) is 5.32 Å². The third-order valence-electron chi connectivity index (χ3n) is 6.34. The van der Waals surface area contributed by atoms with Gasteiger partial charge in [-0.25, -0.2) is 4.79 Å². The summed E-state index contributed by atoms with van der Waals surface area (Å²) in [6.07, 6.45) is 1.01. The maximum absolute atomic E-state index is 12.0. The molecule has 0 spiro atoms. The number of carbonyl (C=O) groups is 1. The summed E-state index contributed by atoms with van der Waals surface area (Å²) in [4.78, 5) is 25.1. The van der Waals surface area contributed by atoms with Crippen molar-refractivity contribution in [1.29, 1.82) is 0 Å². The Hall–Kier alpha value is -3.29. The van der Waals surface area contributed by atoms with E-state index in [1.54, 1.807) is 24.0 Å². The quantitative estimate of drug-likeness (QED) is 0.201. The van der Waals surface area contributed by atoms with Crippen molar-refractivity contribution in [1.82, 2.24) is 4.90 Å². The van der Waals surface area contributed by atoms with Crippen LogP contribution in [-0.4, -0.2) is 41.7 Å². The molecule has 7 nitrogen and oxygen atoms in total. The van der Waals surface area contributed by atoms with E-state index in [-0.39, 0.29) is 28.7 Å². The second-order valence-electron chi connectivity index (χ2n) is 8.67. The Labute approximate surface area is 220 Å². The Kier molecular flexibility index (Phi) is 8.33. The average molecular weight is 528 g/mol. The highest BCUT2D eigenvalue weighted by molar-refractivity contribution is 6.30. The first-order valence-electron chi connectivity index (χ1n) is 11.8. The molecule has 1 aliphatic rings. The van der Waals surface area contributed by atoms with Gasteiger partial charge in [0.15, 0.2) is 0 Å². The number of rotatable bonds is 7. The summed E-state index contributed by atoms with van der Waals surface area (Å²) in [6, 6.07) is 20.4. The van der Waals surface area contributed by atoms with Gasteiger partial charge in [0, 0.05) is 41.2 Å². The molecule has 3 aromatic rings. The molecule has 1 fully saturated rings.